The van der Waals surface area contributed by atoms with Gasteiger partial charge in [-0.3, -0.25) is 4.79 Å². The fourth-order valence-electron chi connectivity index (χ4n) is 5.09. The number of ether oxygens (including phenoxy) is 2. The van der Waals surface area contributed by atoms with Crippen molar-refractivity contribution in [3.63, 3.8) is 0 Å². The second-order valence-electron chi connectivity index (χ2n) is 9.55. The van der Waals surface area contributed by atoms with Crippen LogP contribution in [0.1, 0.15) is 84.4 Å². The topological polar surface area (TPSA) is 76.7 Å². The lowest BCUT2D eigenvalue weighted by Gasteiger charge is -2.23. The van der Waals surface area contributed by atoms with Gasteiger partial charge in [0.2, 0.25) is 0 Å². The summed E-state index contributed by atoms with van der Waals surface area (Å²) in [6.07, 6.45) is 5.86. The third-order valence-corrected chi connectivity index (χ3v) is 7.12. The summed E-state index contributed by atoms with van der Waals surface area (Å²) in [5.41, 5.74) is 4.33. The number of carbonyl (C=O) groups excluding carboxylic acids is 2. The maximum Gasteiger partial charge on any atom is 0.335 e. The maximum absolute atomic E-state index is 11.7. The van der Waals surface area contributed by atoms with E-state index in [0.717, 1.165) is 49.8 Å². The fourth-order valence-corrected chi connectivity index (χ4v) is 5.09. The predicted octanol–water partition coefficient (Wildman–Crippen LogP) is 6.62. The number of hydrogen-bond acceptors (Lipinski definition) is 6. The molecule has 0 aliphatic heterocycles. The number of hydrogen-bond donors (Lipinski definition) is 2. The Balaban J connectivity index is 0.000000688. The van der Waals surface area contributed by atoms with Crippen molar-refractivity contribution in [1.29, 1.82) is 0 Å². The minimum absolute atomic E-state index is 0. The zero-order chi connectivity index (χ0) is 25.9. The van der Waals surface area contributed by atoms with Crippen LogP contribution in [-0.4, -0.2) is 32.2 Å². The average Bonchev–Trinajstić information content (AvgIpc) is 3.58. The van der Waals surface area contributed by atoms with Crippen LogP contribution >= 0.6 is 13.5 Å². The molecule has 1 saturated carbocycles. The first kappa shape index (κ1) is 33.3. The average molecular weight is 545 g/mol. The Bertz CT molecular complexity index is 1020. The van der Waals surface area contributed by atoms with Crippen molar-refractivity contribution in [3.8, 4) is 0 Å². The van der Waals surface area contributed by atoms with Gasteiger partial charge < -0.3 is 20.1 Å². The minimum Gasteiger partial charge on any atom is -0.469 e. The van der Waals surface area contributed by atoms with E-state index in [1.807, 2.05) is 36.4 Å². The van der Waals surface area contributed by atoms with Gasteiger partial charge in [0.15, 0.2) is 0 Å². The Kier molecular flexibility index (Phi) is 14.8. The molecule has 1 fully saturated rings. The first-order chi connectivity index (χ1) is 17.4. The van der Waals surface area contributed by atoms with Crippen molar-refractivity contribution in [2.45, 2.75) is 77.9 Å². The molecule has 38 heavy (non-hydrogen) atoms. The molecule has 2 aromatic carbocycles. The van der Waals surface area contributed by atoms with Crippen LogP contribution in [0, 0.1) is 5.92 Å². The lowest BCUT2D eigenvalue weighted by atomic mass is 10.0. The van der Waals surface area contributed by atoms with E-state index in [1.165, 1.54) is 25.3 Å². The van der Waals surface area contributed by atoms with Crippen molar-refractivity contribution < 1.29 is 20.5 Å². The largest absolute Gasteiger partial charge is 0.469 e. The summed E-state index contributed by atoms with van der Waals surface area (Å²) < 4.78 is 9.69. The molecule has 2 aliphatic rings. The first-order valence-corrected chi connectivity index (χ1v) is 12.9. The van der Waals surface area contributed by atoms with Gasteiger partial charge in [-0.25, -0.2) is 4.79 Å². The van der Waals surface area contributed by atoms with Crippen LogP contribution in [0.15, 0.2) is 71.9 Å². The third kappa shape index (κ3) is 9.21. The summed E-state index contributed by atoms with van der Waals surface area (Å²) in [5, 5.41) is 7.00. The Labute approximate surface area is 237 Å². The van der Waals surface area contributed by atoms with Crippen LogP contribution < -0.4 is 10.6 Å². The summed E-state index contributed by atoms with van der Waals surface area (Å²) in [6.45, 7) is 4.25. The molecule has 2 N–H and O–H groups in total. The van der Waals surface area contributed by atoms with Gasteiger partial charge in [-0.15, -0.1) is 0 Å². The highest BCUT2D eigenvalue weighted by Gasteiger charge is 2.34. The number of nitrogens with one attached hydrogen (secondary N) is 2. The molecule has 212 valence electrons. The van der Waals surface area contributed by atoms with E-state index in [0.29, 0.717) is 0 Å². The molecule has 0 heterocycles. The molecule has 0 amide bonds. The predicted molar refractivity (Wildman–Crippen MR) is 161 cm³/mol. The number of esters is 2. The summed E-state index contributed by atoms with van der Waals surface area (Å²) in [7, 11) is 2.91. The number of methoxy groups -OCH3 is 2. The van der Waals surface area contributed by atoms with Crippen LogP contribution in [0.25, 0.3) is 0 Å². The van der Waals surface area contributed by atoms with E-state index in [4.69, 9.17) is 9.47 Å². The van der Waals surface area contributed by atoms with E-state index in [9.17, 15) is 9.59 Å². The molecular formula is C31H48N2O4S. The van der Waals surface area contributed by atoms with E-state index < -0.39 is 0 Å². The molecule has 7 heteroatoms. The maximum atomic E-state index is 11.7. The van der Waals surface area contributed by atoms with Gasteiger partial charge in [0.25, 0.3) is 0 Å². The van der Waals surface area contributed by atoms with Gasteiger partial charge in [-0.2, -0.15) is 13.5 Å². The summed E-state index contributed by atoms with van der Waals surface area (Å²) >= 11 is 0. The van der Waals surface area contributed by atoms with Crippen molar-refractivity contribution >= 4 is 25.4 Å². The van der Waals surface area contributed by atoms with Crippen LogP contribution in [0.4, 0.5) is 0 Å². The van der Waals surface area contributed by atoms with Crippen LogP contribution in [0.3, 0.4) is 0 Å². The second-order valence-corrected chi connectivity index (χ2v) is 9.55. The summed E-state index contributed by atoms with van der Waals surface area (Å²) in [6, 6.07) is 21.3. The highest BCUT2D eigenvalue weighted by Crippen LogP contribution is 2.29. The lowest BCUT2D eigenvalue weighted by molar-refractivity contribution is -0.146. The molecule has 0 spiro atoms. The SMILES string of the molecule is C.COC(=O)C1=C(N[C@H](C)c2ccccc2)CCC1.COC(=O)[C@H]1CCC[C@H]1N[C@H](C)c1ccccc1.S.[HH]. The first-order valence-electron chi connectivity index (χ1n) is 12.9. The van der Waals surface area contributed by atoms with Crippen molar-refractivity contribution in [2.75, 3.05) is 14.2 Å². The zero-order valence-corrected chi connectivity index (χ0v) is 23.5. The monoisotopic (exact) mass is 544 g/mol. The molecule has 6 nitrogen and oxygen atoms in total. The van der Waals surface area contributed by atoms with Gasteiger partial charge in [0, 0.05) is 25.2 Å². The number of rotatable bonds is 8. The zero-order valence-electron chi connectivity index (χ0n) is 22.5. The normalized spacial score (nSPS) is 19.6. The smallest absolute Gasteiger partial charge is 0.335 e. The minimum atomic E-state index is -0.199. The molecule has 4 atom stereocenters. The van der Waals surface area contributed by atoms with Gasteiger partial charge in [-0.05, 0) is 57.1 Å². The van der Waals surface area contributed by atoms with Gasteiger partial charge in [0.1, 0.15) is 0 Å². The van der Waals surface area contributed by atoms with Gasteiger partial charge in [-0.1, -0.05) is 74.5 Å². The molecular weight excluding hydrogens is 496 g/mol. The third-order valence-electron chi connectivity index (χ3n) is 7.12. The van der Waals surface area contributed by atoms with E-state index in [2.05, 4.69) is 48.7 Å². The standard InChI is InChI=1S/C15H21NO2.C15H19NO2.CH4.H2S.H2/c2*1-11(12-7-4-3-5-8-12)16-14-10-6-9-13(14)15(17)18-2;;;/h3-5,7-8,11,13-14,16H,6,9-10H2,1-2H3;3-5,7-8,11,16H,6,9-10H2,1-2H3;1H4;1H2;1H/t11-,13+,14-;11-;;;/m11.../s1. The molecule has 4 rings (SSSR count). The molecule has 2 aromatic rings. The number of benzene rings is 2. The molecule has 2 aliphatic carbocycles. The van der Waals surface area contributed by atoms with Crippen LogP contribution in [-0.2, 0) is 19.1 Å². The van der Waals surface area contributed by atoms with Crippen molar-refractivity contribution in [2.24, 2.45) is 5.92 Å². The second kappa shape index (κ2) is 16.9. The fraction of sp³-hybridized carbons (Fsp3) is 0.484. The van der Waals surface area contributed by atoms with E-state index in [1.54, 1.807) is 0 Å². The van der Waals surface area contributed by atoms with Gasteiger partial charge >= 0.3 is 11.9 Å². The molecule has 0 bridgehead atoms. The highest BCUT2D eigenvalue weighted by molar-refractivity contribution is 7.59. The van der Waals surface area contributed by atoms with E-state index >= 15 is 0 Å². The Hall–Kier alpha value is -2.77. The Morgan fingerprint density at radius 1 is 0.842 bits per heavy atom. The van der Waals surface area contributed by atoms with E-state index in [-0.39, 0.29) is 58.3 Å². The van der Waals surface area contributed by atoms with Crippen molar-refractivity contribution in [3.05, 3.63) is 83.1 Å². The van der Waals surface area contributed by atoms with Gasteiger partial charge in [0.05, 0.1) is 25.7 Å². The molecule has 0 saturated heterocycles. The highest BCUT2D eigenvalue weighted by atomic mass is 32.1. The van der Waals surface area contributed by atoms with Crippen molar-refractivity contribution in [1.82, 2.24) is 10.6 Å². The Morgan fingerprint density at radius 2 is 1.42 bits per heavy atom. The molecule has 0 radical (unpaired) electrons. The van der Waals surface area contributed by atoms with Crippen LogP contribution in [0.2, 0.25) is 0 Å². The number of allylic oxidation sites excluding steroid dienone is 1. The van der Waals surface area contributed by atoms with Crippen LogP contribution in [0.5, 0.6) is 0 Å². The Morgan fingerprint density at radius 3 is 1.97 bits per heavy atom. The quantitative estimate of drug-likeness (QED) is 0.364. The molecule has 0 unspecified atom stereocenters. The number of carbonyl (C=O) groups is 2. The summed E-state index contributed by atoms with van der Waals surface area (Å²) in [5.74, 6) is -0.262. The lowest BCUT2D eigenvalue weighted by Crippen LogP contribution is -2.38. The molecule has 0 aromatic heterocycles. The summed E-state index contributed by atoms with van der Waals surface area (Å²) in [4.78, 5) is 23.3.